The lowest BCUT2D eigenvalue weighted by Crippen LogP contribution is -2.47. The van der Waals surface area contributed by atoms with E-state index in [1.807, 2.05) is 47.4 Å². The minimum atomic E-state index is -0.0895. The highest BCUT2D eigenvalue weighted by Crippen LogP contribution is 2.19. The normalized spacial score (nSPS) is 13.8. The van der Waals surface area contributed by atoms with E-state index < -0.39 is 0 Å². The van der Waals surface area contributed by atoms with Gasteiger partial charge in [-0.1, -0.05) is 62.2 Å². The molecule has 1 aromatic heterocycles. The number of ether oxygens (including phenoxy) is 1. The first-order valence-electron chi connectivity index (χ1n) is 14.6. The molecule has 0 aliphatic carbocycles. The minimum Gasteiger partial charge on any atom is -0.379 e. The molecule has 1 aliphatic heterocycles. The number of unbranched alkanes of at least 4 members (excludes halogenated alkanes) is 2. The SMILES string of the molecule is CCCCCc1ccc(C(=O)N(CCN2CCOCC2)CC(=O)N(Cc2ccccc2)Cc2ccc(C)s2)cc1. The van der Waals surface area contributed by atoms with Crippen molar-refractivity contribution >= 4 is 23.2 Å². The van der Waals surface area contributed by atoms with Crippen molar-refractivity contribution in [2.45, 2.75) is 52.6 Å². The molecule has 7 heteroatoms. The average molecular weight is 562 g/mol. The molecule has 1 saturated heterocycles. The van der Waals surface area contributed by atoms with E-state index in [0.29, 0.717) is 38.4 Å². The summed E-state index contributed by atoms with van der Waals surface area (Å²) in [5, 5.41) is 0. The third-order valence-corrected chi connectivity index (χ3v) is 8.37. The number of aryl methyl sites for hydroxylation is 2. The minimum absolute atomic E-state index is 0.0404. The lowest BCUT2D eigenvalue weighted by Gasteiger charge is -2.31. The highest BCUT2D eigenvalue weighted by molar-refractivity contribution is 7.11. The van der Waals surface area contributed by atoms with Crippen LogP contribution in [0, 0.1) is 6.92 Å². The van der Waals surface area contributed by atoms with E-state index in [2.05, 4.69) is 43.0 Å². The molecule has 0 bridgehead atoms. The Balaban J connectivity index is 1.50. The lowest BCUT2D eigenvalue weighted by atomic mass is 10.0. The maximum Gasteiger partial charge on any atom is 0.254 e. The second-order valence-electron chi connectivity index (χ2n) is 10.6. The fraction of sp³-hybridized carbons (Fsp3) is 0.455. The maximum atomic E-state index is 13.9. The van der Waals surface area contributed by atoms with Crippen LogP contribution >= 0.6 is 11.3 Å². The molecule has 40 heavy (non-hydrogen) atoms. The van der Waals surface area contributed by atoms with E-state index in [4.69, 9.17) is 4.74 Å². The van der Waals surface area contributed by atoms with Crippen molar-refractivity contribution in [2.24, 2.45) is 0 Å². The van der Waals surface area contributed by atoms with Gasteiger partial charge in [0.05, 0.1) is 19.8 Å². The van der Waals surface area contributed by atoms with Gasteiger partial charge < -0.3 is 14.5 Å². The van der Waals surface area contributed by atoms with Gasteiger partial charge in [0.15, 0.2) is 0 Å². The average Bonchev–Trinajstić information content (AvgIpc) is 3.40. The number of benzene rings is 2. The summed E-state index contributed by atoms with van der Waals surface area (Å²) < 4.78 is 5.50. The van der Waals surface area contributed by atoms with Crippen LogP contribution in [0.15, 0.2) is 66.7 Å². The number of amides is 2. The molecular formula is C33H43N3O3S. The van der Waals surface area contributed by atoms with Crippen molar-refractivity contribution in [1.82, 2.24) is 14.7 Å². The number of rotatable bonds is 14. The summed E-state index contributed by atoms with van der Waals surface area (Å²) >= 11 is 1.71. The Labute approximate surface area is 243 Å². The second-order valence-corrected chi connectivity index (χ2v) is 12.0. The molecule has 3 aromatic rings. The summed E-state index contributed by atoms with van der Waals surface area (Å²) in [4.78, 5) is 35.9. The van der Waals surface area contributed by atoms with E-state index in [1.165, 1.54) is 23.3 Å². The predicted molar refractivity (Wildman–Crippen MR) is 163 cm³/mol. The Hall–Kier alpha value is -3.00. The molecule has 1 aliphatic rings. The standard InChI is InChI=1S/C33H43N3O3S/c1-3-4-6-9-28-13-15-30(16-14-28)33(38)35(19-18-34-20-22-39-23-21-34)26-32(37)36(24-29-10-7-5-8-11-29)25-31-17-12-27(2)40-31/h5,7-8,10-17H,3-4,6,9,18-26H2,1-2H3. The van der Waals surface area contributed by atoms with Gasteiger partial charge in [0.25, 0.3) is 5.91 Å². The van der Waals surface area contributed by atoms with E-state index in [9.17, 15) is 9.59 Å². The topological polar surface area (TPSA) is 53.1 Å². The molecular weight excluding hydrogens is 518 g/mol. The van der Waals surface area contributed by atoms with Crippen molar-refractivity contribution in [2.75, 3.05) is 45.9 Å². The number of carbonyl (C=O) groups is 2. The van der Waals surface area contributed by atoms with Gasteiger partial charge in [-0.2, -0.15) is 0 Å². The van der Waals surface area contributed by atoms with Gasteiger partial charge in [0, 0.05) is 48.0 Å². The number of carbonyl (C=O) groups excluding carboxylic acids is 2. The molecule has 214 valence electrons. The first-order valence-corrected chi connectivity index (χ1v) is 15.4. The Morgan fingerprint density at radius 2 is 1.62 bits per heavy atom. The predicted octanol–water partition coefficient (Wildman–Crippen LogP) is 5.79. The molecule has 0 saturated carbocycles. The molecule has 0 unspecified atom stereocenters. The number of thiophene rings is 1. The molecule has 0 spiro atoms. The van der Waals surface area contributed by atoms with E-state index in [0.717, 1.165) is 42.9 Å². The third-order valence-electron chi connectivity index (χ3n) is 7.38. The van der Waals surface area contributed by atoms with Crippen LogP contribution in [-0.2, 0) is 29.0 Å². The Morgan fingerprint density at radius 1 is 0.875 bits per heavy atom. The Morgan fingerprint density at radius 3 is 2.30 bits per heavy atom. The van der Waals surface area contributed by atoms with E-state index >= 15 is 0 Å². The summed E-state index contributed by atoms with van der Waals surface area (Å²) in [6.07, 6.45) is 4.59. The van der Waals surface area contributed by atoms with Crippen molar-refractivity contribution in [1.29, 1.82) is 0 Å². The van der Waals surface area contributed by atoms with Crippen LogP contribution in [0.2, 0.25) is 0 Å². The van der Waals surface area contributed by atoms with Gasteiger partial charge in [-0.05, 0) is 55.2 Å². The summed E-state index contributed by atoms with van der Waals surface area (Å²) in [7, 11) is 0. The molecule has 6 nitrogen and oxygen atoms in total. The van der Waals surface area contributed by atoms with Gasteiger partial charge in [-0.15, -0.1) is 11.3 Å². The highest BCUT2D eigenvalue weighted by atomic mass is 32.1. The Bertz CT molecular complexity index is 1190. The van der Waals surface area contributed by atoms with Crippen LogP contribution in [0.5, 0.6) is 0 Å². The van der Waals surface area contributed by atoms with Crippen LogP contribution in [0.3, 0.4) is 0 Å². The number of morpholine rings is 1. The summed E-state index contributed by atoms with van der Waals surface area (Å²) in [5.74, 6) is -0.130. The maximum absolute atomic E-state index is 13.9. The van der Waals surface area contributed by atoms with Gasteiger partial charge in [-0.3, -0.25) is 14.5 Å². The molecule has 0 radical (unpaired) electrons. The molecule has 2 amide bonds. The van der Waals surface area contributed by atoms with E-state index in [1.54, 1.807) is 16.2 Å². The monoisotopic (exact) mass is 561 g/mol. The summed E-state index contributed by atoms with van der Waals surface area (Å²) in [6, 6.07) is 22.2. The zero-order valence-corrected chi connectivity index (χ0v) is 24.8. The lowest BCUT2D eigenvalue weighted by molar-refractivity contribution is -0.133. The third kappa shape index (κ3) is 9.29. The van der Waals surface area contributed by atoms with Crippen LogP contribution in [0.4, 0.5) is 0 Å². The first kappa shape index (κ1) is 30.0. The van der Waals surface area contributed by atoms with Crippen molar-refractivity contribution in [3.63, 3.8) is 0 Å². The van der Waals surface area contributed by atoms with Gasteiger partial charge in [0.1, 0.15) is 6.54 Å². The molecule has 4 rings (SSSR count). The van der Waals surface area contributed by atoms with Crippen LogP contribution in [-0.4, -0.2) is 72.5 Å². The molecule has 1 fully saturated rings. The van der Waals surface area contributed by atoms with Crippen molar-refractivity contribution in [3.05, 3.63) is 93.2 Å². The quantitative estimate of drug-likeness (QED) is 0.234. The fourth-order valence-electron chi connectivity index (χ4n) is 4.97. The summed E-state index contributed by atoms with van der Waals surface area (Å²) in [5.41, 5.74) is 2.97. The number of hydrogen-bond donors (Lipinski definition) is 0. The van der Waals surface area contributed by atoms with Crippen LogP contribution in [0.1, 0.15) is 57.4 Å². The fourth-order valence-corrected chi connectivity index (χ4v) is 5.88. The molecule has 2 aromatic carbocycles. The largest absolute Gasteiger partial charge is 0.379 e. The van der Waals surface area contributed by atoms with Crippen molar-refractivity contribution < 1.29 is 14.3 Å². The molecule has 2 heterocycles. The van der Waals surface area contributed by atoms with Crippen LogP contribution < -0.4 is 0 Å². The summed E-state index contributed by atoms with van der Waals surface area (Å²) in [6.45, 7) is 9.71. The van der Waals surface area contributed by atoms with Gasteiger partial charge in [0.2, 0.25) is 5.91 Å². The Kier molecular flexibility index (Phi) is 11.8. The highest BCUT2D eigenvalue weighted by Gasteiger charge is 2.24. The van der Waals surface area contributed by atoms with Gasteiger partial charge in [-0.25, -0.2) is 0 Å². The zero-order valence-electron chi connectivity index (χ0n) is 24.0. The van der Waals surface area contributed by atoms with E-state index in [-0.39, 0.29) is 18.4 Å². The molecule has 0 N–H and O–H groups in total. The van der Waals surface area contributed by atoms with Gasteiger partial charge >= 0.3 is 0 Å². The second kappa shape index (κ2) is 15.7. The zero-order chi connectivity index (χ0) is 28.2. The number of hydrogen-bond acceptors (Lipinski definition) is 5. The number of nitrogens with zero attached hydrogens (tertiary/aromatic N) is 3. The first-order chi connectivity index (χ1) is 19.5. The van der Waals surface area contributed by atoms with Crippen molar-refractivity contribution in [3.8, 4) is 0 Å². The molecule has 0 atom stereocenters. The smallest absolute Gasteiger partial charge is 0.254 e. The van der Waals surface area contributed by atoms with Crippen LogP contribution in [0.25, 0.3) is 0 Å².